The van der Waals surface area contributed by atoms with Crippen LogP contribution in [0.4, 0.5) is 4.39 Å². The van der Waals surface area contributed by atoms with Crippen molar-refractivity contribution in [1.82, 2.24) is 4.72 Å². The van der Waals surface area contributed by atoms with Gasteiger partial charge in [0, 0.05) is 11.4 Å². The molecular weight excluding hydrogens is 237 g/mol. The Morgan fingerprint density at radius 2 is 2.12 bits per heavy atom. The maximum atomic E-state index is 13.2. The first-order valence-electron chi connectivity index (χ1n) is 5.84. The van der Waals surface area contributed by atoms with Gasteiger partial charge >= 0.3 is 0 Å². The van der Waals surface area contributed by atoms with E-state index in [2.05, 4.69) is 4.72 Å². The Morgan fingerprint density at radius 3 is 2.76 bits per heavy atom. The Labute approximate surface area is 105 Å². The molecule has 1 unspecified atom stereocenters. The van der Waals surface area contributed by atoms with Gasteiger partial charge in [0.25, 0.3) is 0 Å². The minimum absolute atomic E-state index is 0.0146. The van der Waals surface area contributed by atoms with E-state index in [0.29, 0.717) is 0 Å². The molecule has 94 valence electrons. The topological polar surface area (TPSA) is 35.1 Å². The zero-order chi connectivity index (χ0) is 12.6. The summed E-state index contributed by atoms with van der Waals surface area (Å²) in [5.74, 6) is -0.223. The van der Waals surface area contributed by atoms with Crippen molar-refractivity contribution < 1.29 is 8.94 Å². The van der Waals surface area contributed by atoms with Gasteiger partial charge in [-0.1, -0.05) is 6.07 Å². The van der Waals surface area contributed by atoms with Crippen molar-refractivity contribution in [1.29, 1.82) is 0 Å². The summed E-state index contributed by atoms with van der Waals surface area (Å²) in [6, 6.07) is 4.88. The Hall–Kier alpha value is -0.580. The number of rotatable bonds is 2. The zero-order valence-electron chi connectivity index (χ0n) is 10.4. The molecule has 1 aromatic rings. The predicted octanol–water partition coefficient (Wildman–Crippen LogP) is 2.86. The molecule has 1 aromatic carbocycles. The maximum absolute atomic E-state index is 13.2. The highest BCUT2D eigenvalue weighted by atomic mass is 32.2. The van der Waals surface area contributed by atoms with Gasteiger partial charge in [-0.2, -0.15) is 0 Å². The fraction of sp³-hybridized carbons (Fsp3) is 0.538. The minimum atomic E-state index is -1.11. The van der Waals surface area contributed by atoms with Crippen LogP contribution in [0.2, 0.25) is 0 Å². The predicted molar refractivity (Wildman–Crippen MR) is 68.5 cm³/mol. The van der Waals surface area contributed by atoms with Crippen molar-refractivity contribution in [3.8, 4) is 0 Å². The molecule has 0 saturated heterocycles. The summed E-state index contributed by atoms with van der Waals surface area (Å²) in [6.45, 7) is 5.78. The summed E-state index contributed by atoms with van der Waals surface area (Å²) in [6.07, 6.45) is 1.81. The van der Waals surface area contributed by atoms with Crippen LogP contribution < -0.4 is 4.72 Å². The summed E-state index contributed by atoms with van der Waals surface area (Å²) in [5, 5.41) is 0. The summed E-state index contributed by atoms with van der Waals surface area (Å²) in [7, 11) is 0. The number of benzene rings is 1. The van der Waals surface area contributed by atoms with E-state index in [4.69, 9.17) is 0 Å². The van der Waals surface area contributed by atoms with Crippen LogP contribution >= 0.6 is 0 Å². The number of nitrogens with one attached hydrogen (secondary N) is 1. The van der Waals surface area contributed by atoms with E-state index in [1.807, 2.05) is 26.8 Å². The van der Waals surface area contributed by atoms with E-state index in [9.17, 15) is 8.94 Å². The lowest BCUT2D eigenvalue weighted by atomic mass is 10.1. The van der Waals surface area contributed by atoms with Crippen LogP contribution in [-0.2, 0) is 17.8 Å². The van der Waals surface area contributed by atoms with Crippen LogP contribution in [0.25, 0.3) is 0 Å². The monoisotopic (exact) mass is 255 g/mol. The van der Waals surface area contributed by atoms with Crippen molar-refractivity contribution in [2.75, 3.05) is 0 Å². The number of halogens is 1. The summed E-state index contributed by atoms with van der Waals surface area (Å²) in [4.78, 5) is 0. The number of aryl methyl sites for hydroxylation is 1. The highest BCUT2D eigenvalue weighted by molar-refractivity contribution is 7.90. The highest BCUT2D eigenvalue weighted by Gasteiger charge is 2.32. The van der Waals surface area contributed by atoms with E-state index in [1.165, 1.54) is 6.07 Å². The van der Waals surface area contributed by atoms with Crippen LogP contribution in [0.3, 0.4) is 0 Å². The molecule has 0 heterocycles. The van der Waals surface area contributed by atoms with Gasteiger partial charge in [0.15, 0.2) is 0 Å². The van der Waals surface area contributed by atoms with Crippen LogP contribution in [0, 0.1) is 5.82 Å². The molecule has 0 saturated carbocycles. The third-order valence-corrected chi connectivity index (χ3v) is 4.60. The molecule has 1 aliphatic rings. The zero-order valence-corrected chi connectivity index (χ0v) is 11.2. The molecule has 0 aromatic heterocycles. The summed E-state index contributed by atoms with van der Waals surface area (Å²) >= 11 is -1.11. The first kappa shape index (κ1) is 12.9. The molecule has 0 bridgehead atoms. The third-order valence-electron chi connectivity index (χ3n) is 2.99. The van der Waals surface area contributed by atoms with E-state index >= 15 is 0 Å². The molecule has 0 spiro atoms. The summed E-state index contributed by atoms with van der Waals surface area (Å²) in [5.41, 5.74) is 2.12. The second kappa shape index (κ2) is 4.59. The summed E-state index contributed by atoms with van der Waals surface area (Å²) < 4.78 is 28.0. The molecule has 1 aliphatic carbocycles. The van der Waals surface area contributed by atoms with E-state index in [0.717, 1.165) is 24.0 Å². The molecule has 1 N–H and O–H groups in total. The first-order valence-corrected chi connectivity index (χ1v) is 6.99. The second-order valence-corrected chi connectivity index (χ2v) is 7.43. The Balaban J connectivity index is 2.14. The smallest absolute Gasteiger partial charge is 0.136 e. The molecule has 0 amide bonds. The van der Waals surface area contributed by atoms with E-state index < -0.39 is 11.4 Å². The van der Waals surface area contributed by atoms with Gasteiger partial charge in [-0.05, 0) is 56.9 Å². The fourth-order valence-electron chi connectivity index (χ4n) is 2.00. The third kappa shape index (κ3) is 2.81. The lowest BCUT2D eigenvalue weighted by Gasteiger charge is -2.26. The lowest BCUT2D eigenvalue weighted by molar-refractivity contribution is 0.521. The van der Waals surface area contributed by atoms with Gasteiger partial charge in [0.05, 0.1) is 6.04 Å². The van der Waals surface area contributed by atoms with Crippen molar-refractivity contribution in [3.05, 3.63) is 35.1 Å². The number of hydrogen-bond donors (Lipinski definition) is 1. The van der Waals surface area contributed by atoms with Gasteiger partial charge in [-0.15, -0.1) is 4.72 Å². The van der Waals surface area contributed by atoms with Crippen molar-refractivity contribution >= 4 is 11.4 Å². The Morgan fingerprint density at radius 1 is 1.41 bits per heavy atom. The normalized spacial score (nSPS) is 21.4. The fourth-order valence-corrected chi connectivity index (χ4v) is 2.86. The lowest BCUT2D eigenvalue weighted by Crippen LogP contribution is -2.40. The largest absolute Gasteiger partial charge is 0.598 e. The van der Waals surface area contributed by atoms with Crippen LogP contribution in [0.15, 0.2) is 18.2 Å². The highest BCUT2D eigenvalue weighted by Crippen LogP contribution is 2.33. The van der Waals surface area contributed by atoms with Crippen molar-refractivity contribution in [2.24, 2.45) is 0 Å². The van der Waals surface area contributed by atoms with Crippen molar-refractivity contribution in [3.63, 3.8) is 0 Å². The first-order chi connectivity index (χ1) is 7.88. The average Bonchev–Trinajstić information content (AvgIpc) is 2.60. The van der Waals surface area contributed by atoms with Gasteiger partial charge in [0.1, 0.15) is 10.6 Å². The van der Waals surface area contributed by atoms with Crippen LogP contribution in [0.5, 0.6) is 0 Å². The van der Waals surface area contributed by atoms with E-state index in [-0.39, 0.29) is 16.6 Å². The van der Waals surface area contributed by atoms with Crippen molar-refractivity contribution in [2.45, 2.75) is 44.4 Å². The molecule has 2 rings (SSSR count). The standard InChI is InChI=1S/C13H18FNOS/c1-13(2,3)17(16)15-12-7-5-9-4-6-10(14)8-11(9)12/h4,6,8,12,15H,5,7H2,1-3H3/t12-,17?/m0/s1. The SMILES string of the molecule is CC(C)(C)[S+]([O-])N[C@H]1CCc2ccc(F)cc21. The molecule has 17 heavy (non-hydrogen) atoms. The van der Waals surface area contributed by atoms with Gasteiger partial charge in [-0.3, -0.25) is 0 Å². The maximum Gasteiger partial charge on any atom is 0.136 e. The average molecular weight is 255 g/mol. The molecule has 0 aliphatic heterocycles. The van der Waals surface area contributed by atoms with Crippen LogP contribution in [-0.4, -0.2) is 9.30 Å². The molecule has 2 atom stereocenters. The van der Waals surface area contributed by atoms with Gasteiger partial charge in [0.2, 0.25) is 0 Å². The minimum Gasteiger partial charge on any atom is -0.598 e. The van der Waals surface area contributed by atoms with Crippen LogP contribution in [0.1, 0.15) is 44.4 Å². The number of fused-ring (bicyclic) bond motifs is 1. The van der Waals surface area contributed by atoms with E-state index in [1.54, 1.807) is 6.07 Å². The molecule has 0 fully saturated rings. The second-order valence-electron chi connectivity index (χ2n) is 5.43. The molecule has 0 radical (unpaired) electrons. The molecule has 2 nitrogen and oxygen atoms in total. The van der Waals surface area contributed by atoms with Gasteiger partial charge in [-0.25, -0.2) is 4.39 Å². The quantitative estimate of drug-likeness (QED) is 0.825. The Bertz CT molecular complexity index is 416. The number of hydrogen-bond acceptors (Lipinski definition) is 2. The Kier molecular flexibility index (Phi) is 3.48. The molecular formula is C13H18FNOS. The van der Waals surface area contributed by atoms with Gasteiger partial charge < -0.3 is 4.55 Å². The molecule has 4 heteroatoms.